The third-order valence-corrected chi connectivity index (χ3v) is 1.56. The fraction of sp³-hybridized carbons (Fsp3) is 0.833. The van der Waals surface area contributed by atoms with Gasteiger partial charge in [0.15, 0.2) is 6.04 Å². The van der Waals surface area contributed by atoms with E-state index in [1.165, 1.54) is 0 Å². The number of hydroxylamine groups is 1. The van der Waals surface area contributed by atoms with Gasteiger partial charge in [-0.15, -0.1) is 0 Å². The number of aliphatic carboxylic acids is 1. The zero-order valence-electron chi connectivity index (χ0n) is 6.64. The molecule has 0 bridgehead atoms. The fourth-order valence-electron chi connectivity index (χ4n) is 0.740. The number of quaternary nitrogens is 1. The van der Waals surface area contributed by atoms with Crippen LogP contribution in [0.15, 0.2) is 0 Å². The SMILES string of the molecule is NC[C@H](O)CC[C@H]([NH2+][O-])C(=O)O. The molecule has 72 valence electrons. The van der Waals surface area contributed by atoms with Gasteiger partial charge in [0.05, 0.1) is 6.10 Å². The number of hydrogen-bond acceptors (Lipinski definition) is 4. The molecule has 12 heavy (non-hydrogen) atoms. The second-order valence-electron chi connectivity index (χ2n) is 2.55. The molecule has 0 spiro atoms. The number of nitrogens with two attached hydrogens (primary N) is 2. The predicted octanol–water partition coefficient (Wildman–Crippen LogP) is -2.40. The van der Waals surface area contributed by atoms with Gasteiger partial charge in [0, 0.05) is 13.0 Å². The van der Waals surface area contributed by atoms with Crippen molar-refractivity contribution in [3.63, 3.8) is 0 Å². The van der Waals surface area contributed by atoms with E-state index in [2.05, 4.69) is 0 Å². The minimum absolute atomic E-state index is 0.0885. The van der Waals surface area contributed by atoms with Crippen LogP contribution >= 0.6 is 0 Å². The molecule has 6 heteroatoms. The molecule has 0 aromatic carbocycles. The Morgan fingerprint density at radius 2 is 2.17 bits per heavy atom. The third-order valence-electron chi connectivity index (χ3n) is 1.56. The van der Waals surface area contributed by atoms with Gasteiger partial charge in [-0.2, -0.15) is 0 Å². The highest BCUT2D eigenvalue weighted by atomic mass is 16.5. The van der Waals surface area contributed by atoms with Gasteiger partial charge in [-0.1, -0.05) is 0 Å². The van der Waals surface area contributed by atoms with E-state index in [1.807, 2.05) is 0 Å². The Kier molecular flexibility index (Phi) is 5.56. The van der Waals surface area contributed by atoms with Gasteiger partial charge in [-0.05, 0) is 6.42 Å². The Hall–Kier alpha value is -0.690. The minimum Gasteiger partial charge on any atom is -0.635 e. The first-order chi connectivity index (χ1) is 5.61. The summed E-state index contributed by atoms with van der Waals surface area (Å²) >= 11 is 0. The van der Waals surface area contributed by atoms with E-state index >= 15 is 0 Å². The maximum Gasteiger partial charge on any atom is 0.362 e. The zero-order chi connectivity index (χ0) is 9.56. The van der Waals surface area contributed by atoms with Crippen molar-refractivity contribution in [1.29, 1.82) is 0 Å². The Morgan fingerprint density at radius 1 is 1.58 bits per heavy atom. The Morgan fingerprint density at radius 3 is 2.50 bits per heavy atom. The van der Waals surface area contributed by atoms with Crippen molar-refractivity contribution in [2.75, 3.05) is 6.54 Å². The van der Waals surface area contributed by atoms with Crippen molar-refractivity contribution < 1.29 is 20.5 Å². The third kappa shape index (κ3) is 4.24. The predicted molar refractivity (Wildman–Crippen MR) is 41.0 cm³/mol. The molecule has 0 saturated heterocycles. The van der Waals surface area contributed by atoms with E-state index in [4.69, 9.17) is 15.9 Å². The highest BCUT2D eigenvalue weighted by molar-refractivity contribution is 5.71. The smallest absolute Gasteiger partial charge is 0.362 e. The molecule has 0 aromatic rings. The summed E-state index contributed by atoms with van der Waals surface area (Å²) in [7, 11) is 0. The average Bonchev–Trinajstić information content (AvgIpc) is 2.04. The summed E-state index contributed by atoms with van der Waals surface area (Å²) in [5, 5.41) is 27.5. The molecular formula is C6H14N2O4. The van der Waals surface area contributed by atoms with E-state index in [9.17, 15) is 10.0 Å². The summed E-state index contributed by atoms with van der Waals surface area (Å²) in [6.45, 7) is 0.0885. The van der Waals surface area contributed by atoms with Crippen molar-refractivity contribution >= 4 is 5.97 Å². The van der Waals surface area contributed by atoms with Crippen LogP contribution in [0.5, 0.6) is 0 Å². The molecule has 0 aliphatic heterocycles. The second-order valence-corrected chi connectivity index (χ2v) is 2.55. The van der Waals surface area contributed by atoms with Gasteiger partial charge in [0.1, 0.15) is 0 Å². The summed E-state index contributed by atoms with van der Waals surface area (Å²) in [4.78, 5) is 10.3. The number of aliphatic hydroxyl groups excluding tert-OH is 1. The molecule has 0 fully saturated rings. The van der Waals surface area contributed by atoms with Crippen LogP contribution in [-0.4, -0.2) is 34.9 Å². The van der Waals surface area contributed by atoms with Crippen LogP contribution in [0.25, 0.3) is 0 Å². The molecule has 0 rings (SSSR count). The normalized spacial score (nSPS) is 15.6. The summed E-state index contributed by atoms with van der Waals surface area (Å²) in [5.41, 5.74) is 5.46. The number of hydrogen-bond donors (Lipinski definition) is 4. The molecule has 0 saturated carbocycles. The van der Waals surface area contributed by atoms with Gasteiger partial charge in [-0.3, -0.25) is 0 Å². The summed E-state index contributed by atoms with van der Waals surface area (Å²) in [5.74, 6) is -1.16. The number of carboxylic acid groups (broad SMARTS) is 1. The van der Waals surface area contributed by atoms with E-state index in [-0.39, 0.29) is 19.4 Å². The van der Waals surface area contributed by atoms with Crippen LogP contribution in [0, 0.1) is 5.21 Å². The van der Waals surface area contributed by atoms with Crippen LogP contribution in [0.4, 0.5) is 0 Å². The molecule has 6 nitrogen and oxygen atoms in total. The topological polar surface area (TPSA) is 123 Å². The zero-order valence-corrected chi connectivity index (χ0v) is 6.64. The Balaban J connectivity index is 3.65. The van der Waals surface area contributed by atoms with E-state index in [0.29, 0.717) is 5.48 Å². The van der Waals surface area contributed by atoms with Gasteiger partial charge in [0.25, 0.3) is 0 Å². The van der Waals surface area contributed by atoms with E-state index in [1.54, 1.807) is 0 Å². The highest BCUT2D eigenvalue weighted by Crippen LogP contribution is 1.97. The first-order valence-corrected chi connectivity index (χ1v) is 3.68. The highest BCUT2D eigenvalue weighted by Gasteiger charge is 2.18. The van der Waals surface area contributed by atoms with Gasteiger partial charge < -0.3 is 26.6 Å². The summed E-state index contributed by atoms with van der Waals surface area (Å²) < 4.78 is 0. The molecule has 0 aliphatic rings. The molecule has 0 unspecified atom stereocenters. The lowest BCUT2D eigenvalue weighted by Gasteiger charge is -2.14. The second kappa shape index (κ2) is 5.90. The van der Waals surface area contributed by atoms with Crippen LogP contribution < -0.4 is 11.2 Å². The quantitative estimate of drug-likeness (QED) is 0.338. The Labute approximate surface area is 70.0 Å². The number of rotatable bonds is 6. The van der Waals surface area contributed by atoms with Crippen molar-refractivity contribution in [3.8, 4) is 0 Å². The molecule has 0 amide bonds. The van der Waals surface area contributed by atoms with E-state index < -0.39 is 18.1 Å². The lowest BCUT2D eigenvalue weighted by molar-refractivity contribution is -0.616. The molecule has 0 radical (unpaired) electrons. The summed E-state index contributed by atoms with van der Waals surface area (Å²) in [6.07, 6.45) is -0.338. The molecule has 0 heterocycles. The lowest BCUT2D eigenvalue weighted by Crippen LogP contribution is -2.86. The average molecular weight is 178 g/mol. The van der Waals surface area contributed by atoms with Crippen LogP contribution in [0.3, 0.4) is 0 Å². The molecule has 2 atom stereocenters. The van der Waals surface area contributed by atoms with Gasteiger partial charge >= 0.3 is 5.97 Å². The Bertz CT molecular complexity index is 142. The van der Waals surface area contributed by atoms with Crippen molar-refractivity contribution in [2.24, 2.45) is 5.73 Å². The molecule has 0 aliphatic carbocycles. The monoisotopic (exact) mass is 178 g/mol. The van der Waals surface area contributed by atoms with Crippen molar-refractivity contribution in [2.45, 2.75) is 25.0 Å². The minimum atomic E-state index is -1.16. The van der Waals surface area contributed by atoms with Crippen LogP contribution in [-0.2, 0) is 4.79 Å². The molecule has 6 N–H and O–H groups in total. The number of aliphatic hydroxyl groups is 1. The standard InChI is InChI=1S/C6H14N2O4/c7-3-4(9)1-2-5(8-12)6(10)11/h4-5,9H,1-3,7-8H2,(H,10,11)/t4-,5+/m1/s1. The first-order valence-electron chi connectivity index (χ1n) is 3.68. The maximum absolute atomic E-state index is 10.3. The van der Waals surface area contributed by atoms with E-state index in [0.717, 1.165) is 0 Å². The van der Waals surface area contributed by atoms with Gasteiger partial charge in [0.2, 0.25) is 0 Å². The maximum atomic E-state index is 10.3. The first kappa shape index (κ1) is 11.3. The van der Waals surface area contributed by atoms with Crippen molar-refractivity contribution in [3.05, 3.63) is 5.21 Å². The van der Waals surface area contributed by atoms with Crippen molar-refractivity contribution in [1.82, 2.24) is 0 Å². The summed E-state index contributed by atoms with van der Waals surface area (Å²) in [6, 6.07) is -1.02. The lowest BCUT2D eigenvalue weighted by atomic mass is 10.1. The number of carbonyl (C=O) groups is 1. The van der Waals surface area contributed by atoms with Crippen LogP contribution in [0.1, 0.15) is 12.8 Å². The number of carboxylic acids is 1. The van der Waals surface area contributed by atoms with Gasteiger partial charge in [-0.25, -0.2) is 4.79 Å². The fourth-order valence-corrected chi connectivity index (χ4v) is 0.740. The molecular weight excluding hydrogens is 164 g/mol. The van der Waals surface area contributed by atoms with Crippen LogP contribution in [0.2, 0.25) is 0 Å². The largest absolute Gasteiger partial charge is 0.635 e. The molecule has 0 aromatic heterocycles.